The van der Waals surface area contributed by atoms with Crippen LogP contribution in [0.2, 0.25) is 5.02 Å². The molecule has 0 saturated heterocycles. The van der Waals surface area contributed by atoms with Gasteiger partial charge in [0.25, 0.3) is 5.91 Å². The van der Waals surface area contributed by atoms with Crippen LogP contribution in [0.3, 0.4) is 0 Å². The van der Waals surface area contributed by atoms with Crippen molar-refractivity contribution in [3.8, 4) is 11.5 Å². The van der Waals surface area contributed by atoms with Crippen molar-refractivity contribution < 1.29 is 27.4 Å². The van der Waals surface area contributed by atoms with Crippen LogP contribution < -0.4 is 9.47 Å². The van der Waals surface area contributed by atoms with E-state index in [9.17, 15) is 18.0 Å². The van der Waals surface area contributed by atoms with Crippen LogP contribution in [0.25, 0.3) is 0 Å². The van der Waals surface area contributed by atoms with Crippen molar-refractivity contribution in [2.24, 2.45) is 0 Å². The van der Waals surface area contributed by atoms with Crippen LogP contribution >= 0.6 is 23.4 Å². The van der Waals surface area contributed by atoms with Gasteiger partial charge >= 0.3 is 5.51 Å². The van der Waals surface area contributed by atoms with Gasteiger partial charge < -0.3 is 14.4 Å². The number of methoxy groups -OCH3 is 2. The molecule has 0 aliphatic carbocycles. The number of rotatable bonds is 5. The molecule has 0 fully saturated rings. The van der Waals surface area contributed by atoms with Gasteiger partial charge in [0, 0.05) is 22.0 Å². The van der Waals surface area contributed by atoms with Crippen LogP contribution in [0.1, 0.15) is 33.1 Å². The smallest absolute Gasteiger partial charge is 0.446 e. The number of alkyl halides is 3. The molecule has 1 atom stereocenters. The van der Waals surface area contributed by atoms with E-state index in [0.717, 1.165) is 16.7 Å². The molecule has 1 unspecified atom stereocenters. The Balaban J connectivity index is 1.76. The monoisotopic (exact) mass is 507 g/mol. The summed E-state index contributed by atoms with van der Waals surface area (Å²) in [5.41, 5.74) is -1.49. The minimum absolute atomic E-state index is 0.0209. The summed E-state index contributed by atoms with van der Waals surface area (Å²) in [7, 11) is 3.11. The van der Waals surface area contributed by atoms with E-state index in [2.05, 4.69) is 0 Å². The van der Waals surface area contributed by atoms with Gasteiger partial charge in [0.15, 0.2) is 11.5 Å². The normalized spacial score (nSPS) is 15.6. The van der Waals surface area contributed by atoms with Gasteiger partial charge in [-0.1, -0.05) is 29.8 Å². The molecule has 0 N–H and O–H groups in total. The van der Waals surface area contributed by atoms with Crippen LogP contribution in [0.15, 0.2) is 65.6 Å². The highest BCUT2D eigenvalue weighted by Gasteiger charge is 2.35. The van der Waals surface area contributed by atoms with Crippen molar-refractivity contribution in [3.05, 3.63) is 87.9 Å². The maximum Gasteiger partial charge on any atom is 0.446 e. The van der Waals surface area contributed by atoms with Crippen molar-refractivity contribution >= 4 is 29.3 Å². The zero-order chi connectivity index (χ0) is 24.5. The molecule has 0 bridgehead atoms. The first kappa shape index (κ1) is 24.3. The Bertz CT molecular complexity index is 1200. The highest BCUT2D eigenvalue weighted by molar-refractivity contribution is 8.00. The second kappa shape index (κ2) is 9.80. The zero-order valence-corrected chi connectivity index (χ0v) is 19.9. The average molecular weight is 508 g/mol. The van der Waals surface area contributed by atoms with Crippen molar-refractivity contribution in [1.82, 2.24) is 4.90 Å². The predicted octanol–water partition coefficient (Wildman–Crippen LogP) is 6.76. The first-order chi connectivity index (χ1) is 16.2. The number of amides is 1. The lowest BCUT2D eigenvalue weighted by atomic mass is 9.87. The molecule has 0 saturated carbocycles. The Morgan fingerprint density at radius 3 is 2.26 bits per heavy atom. The summed E-state index contributed by atoms with van der Waals surface area (Å²) in [6.45, 7) is 0.399. The molecule has 0 aromatic heterocycles. The van der Waals surface area contributed by atoms with Crippen molar-refractivity contribution in [2.75, 3.05) is 20.8 Å². The number of nitrogens with zero attached hydrogens (tertiary/aromatic N) is 1. The molecule has 0 spiro atoms. The van der Waals surface area contributed by atoms with Crippen LogP contribution in [-0.4, -0.2) is 37.1 Å². The largest absolute Gasteiger partial charge is 0.493 e. The lowest BCUT2D eigenvalue weighted by Gasteiger charge is -2.38. The predicted molar refractivity (Wildman–Crippen MR) is 126 cm³/mol. The van der Waals surface area contributed by atoms with Gasteiger partial charge in [-0.05, 0) is 77.3 Å². The topological polar surface area (TPSA) is 38.8 Å². The third-order valence-electron chi connectivity index (χ3n) is 5.67. The van der Waals surface area contributed by atoms with Gasteiger partial charge in [-0.2, -0.15) is 13.2 Å². The molecule has 3 aromatic carbocycles. The van der Waals surface area contributed by atoms with Crippen molar-refractivity contribution in [2.45, 2.75) is 22.9 Å². The Morgan fingerprint density at radius 2 is 1.65 bits per heavy atom. The molecule has 4 rings (SSSR count). The van der Waals surface area contributed by atoms with Gasteiger partial charge in [0.1, 0.15) is 0 Å². The first-order valence-corrected chi connectivity index (χ1v) is 11.6. The molecule has 178 valence electrons. The lowest BCUT2D eigenvalue weighted by molar-refractivity contribution is -0.0328. The fourth-order valence-electron chi connectivity index (χ4n) is 4.16. The highest BCUT2D eigenvalue weighted by Crippen LogP contribution is 2.43. The molecule has 3 aromatic rings. The number of halogens is 4. The standard InChI is InChI=1S/C25H21ClF3NO3S/c1-32-21-13-16-11-12-30(24(31)15-7-9-17(10-8-15)34-25(27,28)29)23(19(16)14-22(21)33-2)18-5-3-4-6-20(18)26/h3-10,13-14,23H,11-12H2,1-2H3. The Labute approximate surface area is 204 Å². The quantitative estimate of drug-likeness (QED) is 0.358. The molecule has 9 heteroatoms. The number of thioether (sulfide) groups is 1. The third kappa shape index (κ3) is 4.98. The number of ether oxygens (including phenoxy) is 2. The lowest BCUT2D eigenvalue weighted by Crippen LogP contribution is -2.40. The molecule has 1 aliphatic rings. The van der Waals surface area contributed by atoms with Crippen molar-refractivity contribution in [1.29, 1.82) is 0 Å². The minimum Gasteiger partial charge on any atom is -0.493 e. The van der Waals surface area contributed by atoms with Crippen molar-refractivity contribution in [3.63, 3.8) is 0 Å². The van der Waals surface area contributed by atoms with E-state index in [4.69, 9.17) is 21.1 Å². The second-order valence-electron chi connectivity index (χ2n) is 7.65. The molecule has 1 aliphatic heterocycles. The number of hydrogen-bond acceptors (Lipinski definition) is 4. The van der Waals surface area contributed by atoms with Crippen LogP contribution in [-0.2, 0) is 6.42 Å². The SMILES string of the molecule is COc1cc2c(cc1OC)C(c1ccccc1Cl)N(C(=O)c1ccc(SC(F)(F)F)cc1)CC2. The molecule has 34 heavy (non-hydrogen) atoms. The van der Waals surface area contributed by atoms with E-state index in [1.54, 1.807) is 25.2 Å². The van der Waals surface area contributed by atoms with Crippen LogP contribution in [0.5, 0.6) is 11.5 Å². The summed E-state index contributed by atoms with van der Waals surface area (Å²) in [5, 5.41) is 0.505. The van der Waals surface area contributed by atoms with Gasteiger partial charge in [-0.3, -0.25) is 4.79 Å². The molecule has 4 nitrogen and oxygen atoms in total. The molecule has 0 radical (unpaired) electrons. The van der Waals surface area contributed by atoms with Gasteiger partial charge in [0.05, 0.1) is 20.3 Å². The molecular formula is C25H21ClF3NO3S. The number of carbonyl (C=O) groups is 1. The summed E-state index contributed by atoms with van der Waals surface area (Å²) >= 11 is 6.34. The van der Waals surface area contributed by atoms with Crippen LogP contribution in [0, 0.1) is 0 Å². The summed E-state index contributed by atoms with van der Waals surface area (Å²) < 4.78 is 49.0. The Morgan fingerprint density at radius 1 is 1.00 bits per heavy atom. The zero-order valence-electron chi connectivity index (χ0n) is 18.4. The van der Waals surface area contributed by atoms with Gasteiger partial charge in [-0.15, -0.1) is 0 Å². The number of benzene rings is 3. The summed E-state index contributed by atoms with van der Waals surface area (Å²) in [6.07, 6.45) is 0.574. The summed E-state index contributed by atoms with van der Waals surface area (Å²) in [5.74, 6) is 0.826. The maximum atomic E-state index is 13.6. The fourth-order valence-corrected chi connectivity index (χ4v) is 4.94. The summed E-state index contributed by atoms with van der Waals surface area (Å²) in [4.78, 5) is 15.3. The van der Waals surface area contributed by atoms with E-state index in [0.29, 0.717) is 35.1 Å². The maximum absolute atomic E-state index is 13.6. The van der Waals surface area contributed by atoms with E-state index >= 15 is 0 Å². The Kier molecular flexibility index (Phi) is 7.00. The molecular weight excluding hydrogens is 487 g/mol. The molecule has 1 heterocycles. The number of fused-ring (bicyclic) bond motifs is 1. The van der Waals surface area contributed by atoms with E-state index in [1.807, 2.05) is 30.3 Å². The van der Waals surface area contributed by atoms with E-state index < -0.39 is 11.6 Å². The average Bonchev–Trinajstić information content (AvgIpc) is 2.82. The third-order valence-corrected chi connectivity index (χ3v) is 6.75. The van der Waals surface area contributed by atoms with E-state index in [1.165, 1.54) is 24.3 Å². The van der Waals surface area contributed by atoms with E-state index in [-0.39, 0.29) is 22.6 Å². The second-order valence-corrected chi connectivity index (χ2v) is 9.20. The van der Waals surface area contributed by atoms with Gasteiger partial charge in [0.2, 0.25) is 0 Å². The summed E-state index contributed by atoms with van der Waals surface area (Å²) in [6, 6.07) is 16.0. The first-order valence-electron chi connectivity index (χ1n) is 10.4. The minimum atomic E-state index is -4.39. The molecule has 1 amide bonds. The fraction of sp³-hybridized carbons (Fsp3) is 0.240. The number of carbonyl (C=O) groups excluding carboxylic acids is 1. The van der Waals surface area contributed by atoms with Gasteiger partial charge in [-0.25, -0.2) is 0 Å². The Hall–Kier alpha value is -2.84. The van der Waals surface area contributed by atoms with Crippen LogP contribution in [0.4, 0.5) is 13.2 Å². The highest BCUT2D eigenvalue weighted by atomic mass is 35.5. The number of hydrogen-bond donors (Lipinski definition) is 0.